The van der Waals surface area contributed by atoms with E-state index >= 15 is 0 Å². The minimum atomic E-state index is 0.441. The van der Waals surface area contributed by atoms with Gasteiger partial charge in [-0.25, -0.2) is 14.7 Å². The molecule has 0 unspecified atom stereocenters. The summed E-state index contributed by atoms with van der Waals surface area (Å²) in [6, 6.07) is 18.2. The third-order valence-corrected chi connectivity index (χ3v) is 4.96. The fraction of sp³-hybridized carbons (Fsp3) is 0.240. The summed E-state index contributed by atoms with van der Waals surface area (Å²) in [7, 11) is 0. The van der Waals surface area contributed by atoms with Crippen LogP contribution in [0.25, 0.3) is 17.1 Å². The van der Waals surface area contributed by atoms with Crippen molar-refractivity contribution < 1.29 is 4.42 Å². The molecule has 7 heteroatoms. The maximum atomic E-state index is 5.63. The van der Waals surface area contributed by atoms with Gasteiger partial charge in [-0.1, -0.05) is 35.9 Å². The van der Waals surface area contributed by atoms with Crippen LogP contribution in [0.2, 0.25) is 0 Å². The van der Waals surface area contributed by atoms with E-state index in [2.05, 4.69) is 38.8 Å². The normalized spacial score (nSPS) is 11.5. The predicted molar refractivity (Wildman–Crippen MR) is 127 cm³/mol. The standard InChI is InChI=1S/C25H28N6O/c1-3-26-25(27-14-13-20-15-29-31(17-20)23-7-5-4-6-8-23)28-16-22-18-32-24(30-22)21-11-9-19(2)10-12-21/h4-12,15,17-18H,3,13-14,16H2,1-2H3,(H2,26,27,28). The maximum absolute atomic E-state index is 5.63. The molecular weight excluding hydrogens is 400 g/mol. The number of aromatic nitrogens is 3. The number of nitrogens with zero attached hydrogens (tertiary/aromatic N) is 4. The Hall–Kier alpha value is -3.87. The summed E-state index contributed by atoms with van der Waals surface area (Å²) in [5.74, 6) is 1.37. The Bertz CT molecular complexity index is 1140. The van der Waals surface area contributed by atoms with E-state index in [-0.39, 0.29) is 0 Å². The number of oxazole rings is 1. The van der Waals surface area contributed by atoms with Crippen molar-refractivity contribution in [3.63, 3.8) is 0 Å². The first kappa shape index (κ1) is 21.4. The van der Waals surface area contributed by atoms with Gasteiger partial charge in [0, 0.05) is 24.8 Å². The molecule has 0 saturated heterocycles. The van der Waals surface area contributed by atoms with Crippen molar-refractivity contribution in [3.05, 3.63) is 90.1 Å². The average molecular weight is 429 g/mol. The lowest BCUT2D eigenvalue weighted by molar-refractivity contribution is 0.572. The zero-order valence-corrected chi connectivity index (χ0v) is 18.5. The second-order valence-electron chi connectivity index (χ2n) is 7.51. The quantitative estimate of drug-likeness (QED) is 0.326. The molecule has 0 radical (unpaired) electrons. The van der Waals surface area contributed by atoms with Crippen LogP contribution < -0.4 is 10.6 Å². The third-order valence-electron chi connectivity index (χ3n) is 4.96. The second-order valence-corrected chi connectivity index (χ2v) is 7.51. The number of hydrogen-bond donors (Lipinski definition) is 2. The van der Waals surface area contributed by atoms with Crippen LogP contribution in [0.3, 0.4) is 0 Å². The Morgan fingerprint density at radius 3 is 2.66 bits per heavy atom. The van der Waals surface area contributed by atoms with Crippen molar-refractivity contribution in [2.24, 2.45) is 4.99 Å². The number of rotatable bonds is 8. The minimum absolute atomic E-state index is 0.441. The molecule has 0 aliphatic heterocycles. The van der Waals surface area contributed by atoms with Crippen LogP contribution in [0, 0.1) is 6.92 Å². The highest BCUT2D eigenvalue weighted by Gasteiger charge is 2.07. The van der Waals surface area contributed by atoms with E-state index in [0.717, 1.165) is 48.0 Å². The number of benzene rings is 2. The monoisotopic (exact) mass is 428 g/mol. The third kappa shape index (κ3) is 5.63. The molecule has 0 fully saturated rings. The van der Waals surface area contributed by atoms with E-state index < -0.39 is 0 Å². The average Bonchev–Trinajstić information content (AvgIpc) is 3.49. The molecule has 0 bridgehead atoms. The number of aliphatic imine (C=N–C) groups is 1. The van der Waals surface area contributed by atoms with Crippen molar-refractivity contribution in [1.29, 1.82) is 0 Å². The van der Waals surface area contributed by atoms with E-state index in [1.54, 1.807) is 6.26 Å². The van der Waals surface area contributed by atoms with Gasteiger partial charge in [-0.05, 0) is 50.1 Å². The summed E-state index contributed by atoms with van der Waals surface area (Å²) in [6.07, 6.45) is 6.48. The molecule has 0 saturated carbocycles. The van der Waals surface area contributed by atoms with Crippen molar-refractivity contribution >= 4 is 5.96 Å². The van der Waals surface area contributed by atoms with Crippen LogP contribution in [0.5, 0.6) is 0 Å². The van der Waals surface area contributed by atoms with E-state index in [1.807, 2.05) is 72.4 Å². The van der Waals surface area contributed by atoms with Gasteiger partial charge in [0.05, 0.1) is 18.4 Å². The van der Waals surface area contributed by atoms with Gasteiger partial charge >= 0.3 is 0 Å². The van der Waals surface area contributed by atoms with Crippen molar-refractivity contribution in [2.45, 2.75) is 26.8 Å². The van der Waals surface area contributed by atoms with E-state index in [9.17, 15) is 0 Å². The Labute approximate surface area is 188 Å². The van der Waals surface area contributed by atoms with Gasteiger partial charge in [0.25, 0.3) is 0 Å². The lowest BCUT2D eigenvalue weighted by Gasteiger charge is -2.10. The maximum Gasteiger partial charge on any atom is 0.226 e. The second kappa shape index (κ2) is 10.4. The molecule has 7 nitrogen and oxygen atoms in total. The molecule has 2 N–H and O–H groups in total. The highest BCUT2D eigenvalue weighted by atomic mass is 16.3. The fourth-order valence-electron chi connectivity index (χ4n) is 3.25. The SMILES string of the molecule is CCNC(=NCc1coc(-c2ccc(C)cc2)n1)NCCc1cnn(-c2ccccc2)c1. The lowest BCUT2D eigenvalue weighted by atomic mass is 10.1. The molecule has 4 rings (SSSR count). The number of hydrogen-bond acceptors (Lipinski definition) is 4. The van der Waals surface area contributed by atoms with Crippen molar-refractivity contribution in [3.8, 4) is 17.1 Å². The molecule has 0 amide bonds. The Kier molecular flexibility index (Phi) is 6.97. The van der Waals surface area contributed by atoms with Gasteiger partial charge < -0.3 is 15.1 Å². The summed E-state index contributed by atoms with van der Waals surface area (Å²) in [5, 5.41) is 11.1. The van der Waals surface area contributed by atoms with Gasteiger partial charge in [-0.15, -0.1) is 0 Å². The molecule has 164 valence electrons. The van der Waals surface area contributed by atoms with E-state index in [1.165, 1.54) is 5.56 Å². The van der Waals surface area contributed by atoms with Crippen molar-refractivity contribution in [1.82, 2.24) is 25.4 Å². The summed E-state index contributed by atoms with van der Waals surface area (Å²) in [6.45, 7) is 6.08. The molecule has 0 aliphatic carbocycles. The van der Waals surface area contributed by atoms with Crippen LogP contribution in [0.4, 0.5) is 0 Å². The lowest BCUT2D eigenvalue weighted by Crippen LogP contribution is -2.38. The molecule has 2 aromatic heterocycles. The van der Waals surface area contributed by atoms with E-state index in [0.29, 0.717) is 12.4 Å². The molecule has 0 atom stereocenters. The molecule has 0 spiro atoms. The van der Waals surface area contributed by atoms with Crippen LogP contribution in [0.1, 0.15) is 23.7 Å². The summed E-state index contributed by atoms with van der Waals surface area (Å²) in [4.78, 5) is 9.20. The molecule has 4 aromatic rings. The number of aryl methyl sites for hydroxylation is 1. The summed E-state index contributed by atoms with van der Waals surface area (Å²) in [5.41, 5.74) is 5.18. The van der Waals surface area contributed by atoms with Crippen LogP contribution >= 0.6 is 0 Å². The largest absolute Gasteiger partial charge is 0.444 e. The van der Waals surface area contributed by atoms with Crippen molar-refractivity contribution in [2.75, 3.05) is 13.1 Å². The van der Waals surface area contributed by atoms with Crippen LogP contribution in [-0.2, 0) is 13.0 Å². The number of guanidine groups is 1. The molecule has 2 aromatic carbocycles. The highest BCUT2D eigenvalue weighted by molar-refractivity contribution is 5.79. The number of para-hydroxylation sites is 1. The van der Waals surface area contributed by atoms with Crippen LogP contribution in [-0.4, -0.2) is 33.8 Å². The smallest absolute Gasteiger partial charge is 0.226 e. The first-order valence-electron chi connectivity index (χ1n) is 10.8. The summed E-state index contributed by atoms with van der Waals surface area (Å²) >= 11 is 0. The Morgan fingerprint density at radius 1 is 1.06 bits per heavy atom. The van der Waals surface area contributed by atoms with Gasteiger partial charge in [0.15, 0.2) is 5.96 Å². The minimum Gasteiger partial charge on any atom is -0.444 e. The van der Waals surface area contributed by atoms with E-state index in [4.69, 9.17) is 4.42 Å². The summed E-state index contributed by atoms with van der Waals surface area (Å²) < 4.78 is 7.52. The molecular formula is C25H28N6O. The van der Waals surface area contributed by atoms with Crippen LogP contribution in [0.15, 0.2) is 82.7 Å². The van der Waals surface area contributed by atoms with Gasteiger partial charge in [0.2, 0.25) is 5.89 Å². The zero-order valence-electron chi connectivity index (χ0n) is 18.5. The number of nitrogens with one attached hydrogen (secondary N) is 2. The van der Waals surface area contributed by atoms with Gasteiger partial charge in [-0.3, -0.25) is 0 Å². The Morgan fingerprint density at radius 2 is 1.88 bits per heavy atom. The first-order valence-corrected chi connectivity index (χ1v) is 10.8. The molecule has 32 heavy (non-hydrogen) atoms. The topological polar surface area (TPSA) is 80.3 Å². The highest BCUT2D eigenvalue weighted by Crippen LogP contribution is 2.19. The fourth-order valence-corrected chi connectivity index (χ4v) is 3.25. The first-order chi connectivity index (χ1) is 15.7. The molecule has 0 aliphatic rings. The van der Waals surface area contributed by atoms with Gasteiger partial charge in [0.1, 0.15) is 12.0 Å². The predicted octanol–water partition coefficient (Wildman–Crippen LogP) is 4.13. The Balaban J connectivity index is 1.32. The zero-order chi connectivity index (χ0) is 22.2. The van der Waals surface area contributed by atoms with Gasteiger partial charge in [-0.2, -0.15) is 5.10 Å². The molecule has 2 heterocycles.